The Hall–Kier alpha value is -2.30. The fourth-order valence-electron chi connectivity index (χ4n) is 2.12. The summed E-state index contributed by atoms with van der Waals surface area (Å²) in [5.41, 5.74) is 2.09. The van der Waals surface area contributed by atoms with Gasteiger partial charge in [0.1, 0.15) is 0 Å². The van der Waals surface area contributed by atoms with Crippen LogP contribution in [0, 0.1) is 0 Å². The van der Waals surface area contributed by atoms with Gasteiger partial charge >= 0.3 is 0 Å². The van der Waals surface area contributed by atoms with E-state index in [9.17, 15) is 4.79 Å². The molecule has 0 aliphatic heterocycles. The molecule has 0 radical (unpaired) electrons. The van der Waals surface area contributed by atoms with E-state index in [1.165, 1.54) is 6.20 Å². The van der Waals surface area contributed by atoms with Crippen LogP contribution in [0.15, 0.2) is 60.9 Å². The molecule has 4 nitrogen and oxygen atoms in total. The number of carbonyl (C=O) groups is 1. The van der Waals surface area contributed by atoms with Crippen molar-refractivity contribution in [3.05, 3.63) is 82.1 Å². The van der Waals surface area contributed by atoms with Gasteiger partial charge in [-0.15, -0.1) is 0 Å². The minimum Gasteiger partial charge on any atom is -0.321 e. The molecule has 0 saturated carbocycles. The summed E-state index contributed by atoms with van der Waals surface area (Å²) < 4.78 is 1.72. The fraction of sp³-hybridized carbons (Fsp3) is 0.0588. The van der Waals surface area contributed by atoms with Crippen LogP contribution in [0.5, 0.6) is 0 Å². The van der Waals surface area contributed by atoms with Crippen LogP contribution in [0.25, 0.3) is 0 Å². The molecule has 0 unspecified atom stereocenters. The summed E-state index contributed by atoms with van der Waals surface area (Å²) in [4.78, 5) is 12.3. The second-order valence-corrected chi connectivity index (χ2v) is 5.83. The number of hydrogen-bond acceptors (Lipinski definition) is 2. The Bertz CT molecular complexity index is 831. The highest BCUT2D eigenvalue weighted by Gasteiger charge is 2.11. The van der Waals surface area contributed by atoms with E-state index in [4.69, 9.17) is 23.2 Å². The molecule has 1 N–H and O–H groups in total. The Kier molecular flexibility index (Phi) is 4.65. The first-order chi connectivity index (χ1) is 11.1. The van der Waals surface area contributed by atoms with Crippen molar-refractivity contribution in [3.8, 4) is 0 Å². The molecule has 1 heterocycles. The number of anilines is 1. The number of halogens is 2. The third kappa shape index (κ3) is 3.92. The molecule has 0 atom stereocenters. The first kappa shape index (κ1) is 15.6. The molecule has 1 amide bonds. The van der Waals surface area contributed by atoms with Crippen LogP contribution in [-0.2, 0) is 6.54 Å². The normalized spacial score (nSPS) is 10.5. The maximum absolute atomic E-state index is 12.3. The number of hydrogen-bond donors (Lipinski definition) is 1. The topological polar surface area (TPSA) is 46.9 Å². The van der Waals surface area contributed by atoms with Crippen LogP contribution in [0.1, 0.15) is 15.9 Å². The van der Waals surface area contributed by atoms with Crippen molar-refractivity contribution in [1.29, 1.82) is 0 Å². The van der Waals surface area contributed by atoms with Gasteiger partial charge in [-0.25, -0.2) is 0 Å². The van der Waals surface area contributed by atoms with Gasteiger partial charge in [-0.3, -0.25) is 9.48 Å². The Morgan fingerprint density at radius 2 is 1.91 bits per heavy atom. The molecule has 2 aromatic carbocycles. The standard InChI is InChI=1S/C17H13Cl2N3O/c18-14-6-7-16(15(19)8-14)21-17(23)13-9-20-22(11-13)10-12-4-2-1-3-5-12/h1-9,11H,10H2,(H,21,23). The zero-order valence-electron chi connectivity index (χ0n) is 12.0. The summed E-state index contributed by atoms with van der Waals surface area (Å²) in [6.07, 6.45) is 3.23. The molecule has 0 aliphatic carbocycles. The highest BCUT2D eigenvalue weighted by molar-refractivity contribution is 6.36. The second kappa shape index (κ2) is 6.86. The molecule has 1 aromatic heterocycles. The first-order valence-electron chi connectivity index (χ1n) is 6.94. The monoisotopic (exact) mass is 345 g/mol. The number of benzene rings is 2. The average molecular weight is 346 g/mol. The zero-order chi connectivity index (χ0) is 16.2. The van der Waals surface area contributed by atoms with Crippen molar-refractivity contribution in [2.45, 2.75) is 6.54 Å². The van der Waals surface area contributed by atoms with Crippen molar-refractivity contribution in [2.75, 3.05) is 5.32 Å². The van der Waals surface area contributed by atoms with Crippen LogP contribution in [0.4, 0.5) is 5.69 Å². The Morgan fingerprint density at radius 3 is 2.65 bits per heavy atom. The lowest BCUT2D eigenvalue weighted by Crippen LogP contribution is -2.11. The van der Waals surface area contributed by atoms with Crippen molar-refractivity contribution < 1.29 is 4.79 Å². The van der Waals surface area contributed by atoms with E-state index >= 15 is 0 Å². The summed E-state index contributed by atoms with van der Waals surface area (Å²) in [6.45, 7) is 0.607. The van der Waals surface area contributed by atoms with Gasteiger partial charge in [-0.05, 0) is 23.8 Å². The molecular weight excluding hydrogens is 333 g/mol. The van der Waals surface area contributed by atoms with E-state index in [2.05, 4.69) is 10.4 Å². The van der Waals surface area contributed by atoms with E-state index in [1.807, 2.05) is 30.3 Å². The van der Waals surface area contributed by atoms with Crippen molar-refractivity contribution in [3.63, 3.8) is 0 Å². The number of amides is 1. The SMILES string of the molecule is O=C(Nc1ccc(Cl)cc1Cl)c1cnn(Cc2ccccc2)c1. The molecule has 0 spiro atoms. The van der Waals surface area contributed by atoms with Crippen molar-refractivity contribution >= 4 is 34.8 Å². The van der Waals surface area contributed by atoms with Crippen molar-refractivity contribution in [2.24, 2.45) is 0 Å². The lowest BCUT2D eigenvalue weighted by atomic mass is 10.2. The van der Waals surface area contributed by atoms with E-state index < -0.39 is 0 Å². The molecule has 0 saturated heterocycles. The molecule has 6 heteroatoms. The molecule has 0 fully saturated rings. The van der Waals surface area contributed by atoms with Crippen LogP contribution < -0.4 is 5.32 Å². The Balaban J connectivity index is 1.71. The van der Waals surface area contributed by atoms with Gasteiger partial charge in [-0.1, -0.05) is 53.5 Å². The van der Waals surface area contributed by atoms with E-state index in [1.54, 1.807) is 29.1 Å². The van der Waals surface area contributed by atoms with Gasteiger partial charge in [0.15, 0.2) is 0 Å². The molecule has 0 aliphatic rings. The smallest absolute Gasteiger partial charge is 0.258 e. The second-order valence-electron chi connectivity index (χ2n) is 4.99. The zero-order valence-corrected chi connectivity index (χ0v) is 13.6. The average Bonchev–Trinajstić information content (AvgIpc) is 3.00. The third-order valence-corrected chi connectivity index (χ3v) is 3.81. The number of rotatable bonds is 4. The number of aromatic nitrogens is 2. The maximum Gasteiger partial charge on any atom is 0.258 e. The molecule has 0 bridgehead atoms. The van der Waals surface area contributed by atoms with Crippen LogP contribution >= 0.6 is 23.2 Å². The fourth-order valence-corrected chi connectivity index (χ4v) is 2.58. The quantitative estimate of drug-likeness (QED) is 0.757. The molecule has 3 aromatic rings. The molecular formula is C17H13Cl2N3O. The molecule has 23 heavy (non-hydrogen) atoms. The minimum absolute atomic E-state index is 0.270. The Morgan fingerprint density at radius 1 is 1.13 bits per heavy atom. The predicted octanol–water partition coefficient (Wildman–Crippen LogP) is 4.49. The van der Waals surface area contributed by atoms with Gasteiger partial charge in [0.2, 0.25) is 0 Å². The summed E-state index contributed by atoms with van der Waals surface area (Å²) in [6, 6.07) is 14.8. The summed E-state index contributed by atoms with van der Waals surface area (Å²) in [5, 5.41) is 7.87. The molecule has 3 rings (SSSR count). The highest BCUT2D eigenvalue weighted by Crippen LogP contribution is 2.25. The minimum atomic E-state index is -0.270. The van der Waals surface area contributed by atoms with Gasteiger partial charge < -0.3 is 5.32 Å². The van der Waals surface area contributed by atoms with Gasteiger partial charge in [-0.2, -0.15) is 5.10 Å². The number of nitrogens with zero attached hydrogens (tertiary/aromatic N) is 2. The predicted molar refractivity (Wildman–Crippen MR) is 92.2 cm³/mol. The van der Waals surface area contributed by atoms with E-state index in [0.29, 0.717) is 27.8 Å². The highest BCUT2D eigenvalue weighted by atomic mass is 35.5. The van der Waals surface area contributed by atoms with Crippen LogP contribution in [-0.4, -0.2) is 15.7 Å². The van der Waals surface area contributed by atoms with Crippen LogP contribution in [0.3, 0.4) is 0 Å². The van der Waals surface area contributed by atoms with Gasteiger partial charge in [0.25, 0.3) is 5.91 Å². The first-order valence-corrected chi connectivity index (χ1v) is 7.70. The van der Waals surface area contributed by atoms with Crippen LogP contribution in [0.2, 0.25) is 10.0 Å². The number of carbonyl (C=O) groups excluding carboxylic acids is 1. The maximum atomic E-state index is 12.3. The lowest BCUT2D eigenvalue weighted by molar-refractivity contribution is 0.102. The number of nitrogens with one attached hydrogen (secondary N) is 1. The largest absolute Gasteiger partial charge is 0.321 e. The van der Waals surface area contributed by atoms with Crippen molar-refractivity contribution in [1.82, 2.24) is 9.78 Å². The summed E-state index contributed by atoms with van der Waals surface area (Å²) in [5.74, 6) is -0.270. The third-order valence-electron chi connectivity index (χ3n) is 3.26. The van der Waals surface area contributed by atoms with Gasteiger partial charge in [0, 0.05) is 11.2 Å². The lowest BCUT2D eigenvalue weighted by Gasteiger charge is -2.06. The summed E-state index contributed by atoms with van der Waals surface area (Å²) in [7, 11) is 0. The summed E-state index contributed by atoms with van der Waals surface area (Å²) >= 11 is 11.9. The van der Waals surface area contributed by atoms with E-state index in [-0.39, 0.29) is 5.91 Å². The van der Waals surface area contributed by atoms with E-state index in [0.717, 1.165) is 5.56 Å². The van der Waals surface area contributed by atoms with Gasteiger partial charge in [0.05, 0.1) is 29.0 Å². The Labute approximate surface area is 143 Å². The molecule has 116 valence electrons.